The van der Waals surface area contributed by atoms with Crippen LogP contribution in [0.3, 0.4) is 0 Å². The number of rotatable bonds is 8. The molecular weight excluding hydrogens is 220 g/mol. The minimum atomic E-state index is 0.705. The molecule has 16 heavy (non-hydrogen) atoms. The molecule has 1 unspecified atom stereocenters. The quantitative estimate of drug-likeness (QED) is 0.710. The third-order valence-electron chi connectivity index (χ3n) is 2.65. The summed E-state index contributed by atoms with van der Waals surface area (Å²) in [6, 6.07) is 0. The molecule has 1 heterocycles. The first-order chi connectivity index (χ1) is 7.76. The summed E-state index contributed by atoms with van der Waals surface area (Å²) in [7, 11) is 1.74. The summed E-state index contributed by atoms with van der Waals surface area (Å²) in [5.74, 6) is 0.705. The first-order valence-corrected chi connectivity index (χ1v) is 6.68. The van der Waals surface area contributed by atoms with Crippen LogP contribution >= 0.6 is 11.3 Å². The Bertz CT molecular complexity index is 288. The van der Waals surface area contributed by atoms with Gasteiger partial charge in [-0.2, -0.15) is 0 Å². The molecule has 4 heteroatoms. The van der Waals surface area contributed by atoms with Gasteiger partial charge in [-0.15, -0.1) is 11.3 Å². The lowest BCUT2D eigenvalue weighted by Gasteiger charge is -2.14. The van der Waals surface area contributed by atoms with E-state index in [2.05, 4.69) is 24.1 Å². The summed E-state index contributed by atoms with van der Waals surface area (Å²) in [4.78, 5) is 5.69. The Kier molecular flexibility index (Phi) is 6.61. The van der Waals surface area contributed by atoms with Gasteiger partial charge >= 0.3 is 0 Å². The molecule has 1 aromatic heterocycles. The summed E-state index contributed by atoms with van der Waals surface area (Å²) >= 11 is 1.81. The fourth-order valence-corrected chi connectivity index (χ4v) is 2.53. The lowest BCUT2D eigenvalue weighted by Crippen LogP contribution is -2.26. The number of aryl methyl sites for hydroxylation is 1. The molecule has 92 valence electrons. The highest BCUT2D eigenvalue weighted by atomic mass is 32.1. The van der Waals surface area contributed by atoms with Crippen molar-refractivity contribution in [3.8, 4) is 0 Å². The molecule has 1 N–H and O–H groups in total. The molecule has 0 aliphatic rings. The van der Waals surface area contributed by atoms with E-state index >= 15 is 0 Å². The molecule has 0 radical (unpaired) electrons. The zero-order valence-electron chi connectivity index (χ0n) is 10.5. The maximum Gasteiger partial charge on any atom is 0.0896 e. The molecule has 0 amide bonds. The maximum absolute atomic E-state index is 5.01. The van der Waals surface area contributed by atoms with Gasteiger partial charge in [0, 0.05) is 24.7 Å². The molecule has 1 rings (SSSR count). The van der Waals surface area contributed by atoms with Gasteiger partial charge in [0.25, 0.3) is 0 Å². The van der Waals surface area contributed by atoms with E-state index in [0.717, 1.165) is 31.1 Å². The Morgan fingerprint density at radius 3 is 2.94 bits per heavy atom. The van der Waals surface area contributed by atoms with E-state index in [4.69, 9.17) is 4.74 Å². The predicted octanol–water partition coefficient (Wildman–Crippen LogP) is 2.26. The monoisotopic (exact) mass is 242 g/mol. The van der Waals surface area contributed by atoms with E-state index in [9.17, 15) is 0 Å². The van der Waals surface area contributed by atoms with E-state index in [1.165, 1.54) is 11.3 Å². The van der Waals surface area contributed by atoms with Crippen LogP contribution in [-0.2, 0) is 11.2 Å². The molecule has 0 aliphatic carbocycles. The van der Waals surface area contributed by atoms with Crippen LogP contribution in [0, 0.1) is 12.8 Å². The Hall–Kier alpha value is -0.450. The van der Waals surface area contributed by atoms with Crippen molar-refractivity contribution < 1.29 is 4.74 Å². The zero-order valence-corrected chi connectivity index (χ0v) is 11.3. The van der Waals surface area contributed by atoms with Crippen molar-refractivity contribution in [2.75, 3.05) is 26.8 Å². The summed E-state index contributed by atoms with van der Waals surface area (Å²) in [6.45, 7) is 7.10. The summed E-state index contributed by atoms with van der Waals surface area (Å²) in [5.41, 5.74) is 0. The van der Waals surface area contributed by atoms with Gasteiger partial charge in [0.2, 0.25) is 0 Å². The average Bonchev–Trinajstić information content (AvgIpc) is 2.68. The molecule has 3 nitrogen and oxygen atoms in total. The van der Waals surface area contributed by atoms with Crippen LogP contribution in [0.1, 0.15) is 23.2 Å². The second-order valence-electron chi connectivity index (χ2n) is 4.02. The van der Waals surface area contributed by atoms with Gasteiger partial charge in [-0.1, -0.05) is 13.3 Å². The highest BCUT2D eigenvalue weighted by Crippen LogP contribution is 2.17. The van der Waals surface area contributed by atoms with Crippen LogP contribution in [0.4, 0.5) is 0 Å². The highest BCUT2D eigenvalue weighted by molar-refractivity contribution is 7.11. The molecule has 0 fully saturated rings. The van der Waals surface area contributed by atoms with E-state index in [0.29, 0.717) is 5.92 Å². The van der Waals surface area contributed by atoms with Crippen molar-refractivity contribution in [3.63, 3.8) is 0 Å². The molecular formula is C12H22N2OS. The van der Waals surface area contributed by atoms with Crippen LogP contribution in [-0.4, -0.2) is 31.8 Å². The van der Waals surface area contributed by atoms with Crippen molar-refractivity contribution in [3.05, 3.63) is 16.1 Å². The first kappa shape index (κ1) is 13.6. The smallest absolute Gasteiger partial charge is 0.0896 e. The van der Waals surface area contributed by atoms with E-state index in [1.807, 2.05) is 17.5 Å². The summed E-state index contributed by atoms with van der Waals surface area (Å²) < 4.78 is 5.01. The molecule has 0 aliphatic heterocycles. The van der Waals surface area contributed by atoms with Crippen LogP contribution in [0.15, 0.2) is 6.20 Å². The molecule has 0 aromatic carbocycles. The van der Waals surface area contributed by atoms with Gasteiger partial charge in [-0.3, -0.25) is 0 Å². The minimum Gasteiger partial charge on any atom is -0.383 e. The lowest BCUT2D eigenvalue weighted by atomic mass is 10.0. The van der Waals surface area contributed by atoms with Crippen molar-refractivity contribution >= 4 is 11.3 Å². The highest BCUT2D eigenvalue weighted by Gasteiger charge is 2.08. The van der Waals surface area contributed by atoms with Gasteiger partial charge in [0.05, 0.1) is 11.6 Å². The fourth-order valence-electron chi connectivity index (χ4n) is 1.63. The number of thiazole rings is 1. The zero-order chi connectivity index (χ0) is 11.8. The molecule has 1 aromatic rings. The van der Waals surface area contributed by atoms with E-state index in [1.54, 1.807) is 7.11 Å². The molecule has 0 saturated carbocycles. The van der Waals surface area contributed by atoms with Crippen LogP contribution < -0.4 is 5.32 Å². The fraction of sp³-hybridized carbons (Fsp3) is 0.750. The van der Waals surface area contributed by atoms with Gasteiger partial charge in [0.15, 0.2) is 0 Å². The summed E-state index contributed by atoms with van der Waals surface area (Å²) in [5, 5.41) is 4.59. The van der Waals surface area contributed by atoms with Crippen molar-refractivity contribution in [2.24, 2.45) is 5.92 Å². The number of nitrogens with zero attached hydrogens (tertiary/aromatic N) is 1. The number of ether oxygens (including phenoxy) is 1. The first-order valence-electron chi connectivity index (χ1n) is 5.87. The van der Waals surface area contributed by atoms with Gasteiger partial charge in [-0.25, -0.2) is 4.98 Å². The third kappa shape index (κ3) is 5.05. The Morgan fingerprint density at radius 1 is 1.56 bits per heavy atom. The Labute approximate surface area is 102 Å². The molecule has 0 spiro atoms. The normalized spacial score (nSPS) is 12.9. The predicted molar refractivity (Wildman–Crippen MR) is 69.1 cm³/mol. The lowest BCUT2D eigenvalue weighted by molar-refractivity contribution is 0.197. The largest absolute Gasteiger partial charge is 0.383 e. The second-order valence-corrected chi connectivity index (χ2v) is 5.34. The van der Waals surface area contributed by atoms with Crippen LogP contribution in [0.5, 0.6) is 0 Å². The number of methoxy groups -OCH3 is 1. The van der Waals surface area contributed by atoms with E-state index < -0.39 is 0 Å². The van der Waals surface area contributed by atoms with Gasteiger partial charge in [-0.05, 0) is 25.8 Å². The SMILES string of the molecule is CCC(CNCCOC)Cc1cnc(C)s1. The third-order valence-corrected chi connectivity index (χ3v) is 3.59. The number of nitrogens with one attached hydrogen (secondary N) is 1. The van der Waals surface area contributed by atoms with Gasteiger partial charge < -0.3 is 10.1 Å². The topological polar surface area (TPSA) is 34.1 Å². The molecule has 1 atom stereocenters. The standard InChI is InChI=1S/C12H22N2OS/c1-4-11(8-13-5-6-15-3)7-12-9-14-10(2)16-12/h9,11,13H,4-8H2,1-3H3. The Morgan fingerprint density at radius 2 is 2.38 bits per heavy atom. The van der Waals surface area contributed by atoms with Crippen LogP contribution in [0.25, 0.3) is 0 Å². The maximum atomic E-state index is 5.01. The molecule has 0 bridgehead atoms. The average molecular weight is 242 g/mol. The minimum absolute atomic E-state index is 0.705. The number of hydrogen-bond acceptors (Lipinski definition) is 4. The summed E-state index contributed by atoms with van der Waals surface area (Å²) in [6.07, 6.45) is 4.36. The number of hydrogen-bond donors (Lipinski definition) is 1. The van der Waals surface area contributed by atoms with Crippen molar-refractivity contribution in [1.82, 2.24) is 10.3 Å². The van der Waals surface area contributed by atoms with Crippen molar-refractivity contribution in [1.29, 1.82) is 0 Å². The van der Waals surface area contributed by atoms with Crippen LogP contribution in [0.2, 0.25) is 0 Å². The Balaban J connectivity index is 2.26. The van der Waals surface area contributed by atoms with Gasteiger partial charge in [0.1, 0.15) is 0 Å². The second kappa shape index (κ2) is 7.76. The number of aromatic nitrogens is 1. The van der Waals surface area contributed by atoms with Crippen molar-refractivity contribution in [2.45, 2.75) is 26.7 Å². The molecule has 0 saturated heterocycles. The van der Waals surface area contributed by atoms with E-state index in [-0.39, 0.29) is 0 Å².